The SMILES string of the molecule is CN=C(NCC1(N(C)C)CCSC1)N1CCN(CC(=O)N2CCCC2)CC1. The highest BCUT2D eigenvalue weighted by atomic mass is 32.2. The van der Waals surface area contributed by atoms with Crippen molar-refractivity contribution in [3.8, 4) is 0 Å². The summed E-state index contributed by atoms with van der Waals surface area (Å²) in [6.07, 6.45) is 3.55. The lowest BCUT2D eigenvalue weighted by molar-refractivity contribution is -0.131. The summed E-state index contributed by atoms with van der Waals surface area (Å²) in [7, 11) is 6.25. The van der Waals surface area contributed by atoms with Crippen LogP contribution in [0.15, 0.2) is 4.99 Å². The molecule has 0 aliphatic carbocycles. The van der Waals surface area contributed by atoms with Crippen LogP contribution in [0.2, 0.25) is 0 Å². The Balaban J connectivity index is 1.45. The first kappa shape index (κ1) is 20.7. The number of carbonyl (C=O) groups excluding carboxylic acids is 1. The lowest BCUT2D eigenvalue weighted by Crippen LogP contribution is -2.58. The van der Waals surface area contributed by atoms with Crippen molar-refractivity contribution < 1.29 is 4.79 Å². The van der Waals surface area contributed by atoms with Crippen LogP contribution in [0.4, 0.5) is 0 Å². The molecule has 3 fully saturated rings. The Morgan fingerprint density at radius 3 is 2.37 bits per heavy atom. The second-order valence-corrected chi connectivity index (χ2v) is 9.28. The topological polar surface area (TPSA) is 54.4 Å². The van der Waals surface area contributed by atoms with Crippen LogP contribution in [-0.4, -0.2) is 122 Å². The lowest BCUT2D eigenvalue weighted by Gasteiger charge is -2.39. The molecule has 3 heterocycles. The lowest BCUT2D eigenvalue weighted by atomic mass is 9.97. The molecule has 0 saturated carbocycles. The molecule has 3 saturated heterocycles. The number of thioether (sulfide) groups is 1. The number of likely N-dealkylation sites (N-methyl/N-ethyl adjacent to an activating group) is 1. The summed E-state index contributed by atoms with van der Waals surface area (Å²) in [4.78, 5) is 25.9. The Kier molecular flexibility index (Phi) is 7.28. The third-order valence-electron chi connectivity index (χ3n) is 6.31. The standard InChI is InChI=1S/C19H36N6OS/c1-20-18(21-15-19(22(2)3)6-13-27-16-19)25-11-9-23(10-12-25)14-17(26)24-7-4-5-8-24/h4-16H2,1-3H3,(H,20,21). The number of hydrogen-bond acceptors (Lipinski definition) is 5. The molecule has 8 heteroatoms. The normalized spacial score (nSPS) is 27.6. The van der Waals surface area contributed by atoms with Crippen molar-refractivity contribution >= 4 is 23.6 Å². The van der Waals surface area contributed by atoms with E-state index < -0.39 is 0 Å². The molecule has 0 aromatic rings. The van der Waals surface area contributed by atoms with Crippen LogP contribution in [0.5, 0.6) is 0 Å². The van der Waals surface area contributed by atoms with Gasteiger partial charge in [0.15, 0.2) is 5.96 Å². The monoisotopic (exact) mass is 396 g/mol. The molecule has 1 amide bonds. The van der Waals surface area contributed by atoms with Gasteiger partial charge in [0.1, 0.15) is 0 Å². The predicted octanol–water partition coefficient (Wildman–Crippen LogP) is 0.239. The number of carbonyl (C=O) groups is 1. The van der Waals surface area contributed by atoms with E-state index in [2.05, 4.69) is 39.1 Å². The van der Waals surface area contributed by atoms with E-state index in [4.69, 9.17) is 0 Å². The van der Waals surface area contributed by atoms with Gasteiger partial charge in [-0.25, -0.2) is 0 Å². The van der Waals surface area contributed by atoms with Crippen LogP contribution in [0.1, 0.15) is 19.3 Å². The first-order chi connectivity index (χ1) is 13.0. The number of rotatable bonds is 5. The van der Waals surface area contributed by atoms with Gasteiger partial charge in [0.05, 0.1) is 6.54 Å². The number of nitrogens with one attached hydrogen (secondary N) is 1. The summed E-state index contributed by atoms with van der Waals surface area (Å²) >= 11 is 2.04. The van der Waals surface area contributed by atoms with E-state index in [0.29, 0.717) is 12.5 Å². The maximum Gasteiger partial charge on any atom is 0.236 e. The molecule has 1 unspecified atom stereocenters. The highest BCUT2D eigenvalue weighted by Crippen LogP contribution is 2.31. The number of amides is 1. The van der Waals surface area contributed by atoms with Crippen molar-refractivity contribution in [3.05, 3.63) is 0 Å². The van der Waals surface area contributed by atoms with E-state index in [-0.39, 0.29) is 5.54 Å². The molecule has 154 valence electrons. The maximum atomic E-state index is 12.4. The largest absolute Gasteiger partial charge is 0.354 e. The van der Waals surface area contributed by atoms with E-state index in [1.54, 1.807) is 0 Å². The molecule has 0 aromatic heterocycles. The molecule has 1 N–H and O–H groups in total. The van der Waals surface area contributed by atoms with Crippen LogP contribution in [0.3, 0.4) is 0 Å². The molecular formula is C19H36N6OS. The van der Waals surface area contributed by atoms with E-state index in [1.165, 1.54) is 17.9 Å². The number of likely N-dealkylation sites (tertiary alicyclic amines) is 1. The van der Waals surface area contributed by atoms with Gasteiger partial charge in [-0.15, -0.1) is 0 Å². The van der Waals surface area contributed by atoms with Crippen LogP contribution in [-0.2, 0) is 4.79 Å². The highest BCUT2D eigenvalue weighted by molar-refractivity contribution is 7.99. The summed E-state index contributed by atoms with van der Waals surface area (Å²) < 4.78 is 0. The smallest absolute Gasteiger partial charge is 0.236 e. The van der Waals surface area contributed by atoms with Crippen LogP contribution >= 0.6 is 11.8 Å². The summed E-state index contributed by atoms with van der Waals surface area (Å²) in [5.74, 6) is 3.72. The minimum Gasteiger partial charge on any atom is -0.354 e. The minimum atomic E-state index is 0.227. The van der Waals surface area contributed by atoms with Crippen molar-refractivity contribution in [3.63, 3.8) is 0 Å². The third-order valence-corrected chi connectivity index (χ3v) is 7.54. The van der Waals surface area contributed by atoms with E-state index >= 15 is 0 Å². The van der Waals surface area contributed by atoms with Gasteiger partial charge < -0.3 is 20.0 Å². The molecule has 1 atom stereocenters. The van der Waals surface area contributed by atoms with E-state index in [0.717, 1.165) is 64.6 Å². The van der Waals surface area contributed by atoms with Crippen LogP contribution in [0, 0.1) is 0 Å². The van der Waals surface area contributed by atoms with Gasteiger partial charge >= 0.3 is 0 Å². The van der Waals surface area contributed by atoms with Crippen molar-refractivity contribution in [2.24, 2.45) is 4.99 Å². The van der Waals surface area contributed by atoms with Crippen LogP contribution < -0.4 is 5.32 Å². The Labute approximate surface area is 168 Å². The molecule has 0 spiro atoms. The quantitative estimate of drug-likeness (QED) is 0.531. The highest BCUT2D eigenvalue weighted by Gasteiger charge is 2.37. The predicted molar refractivity (Wildman–Crippen MR) is 114 cm³/mol. The minimum absolute atomic E-state index is 0.227. The molecule has 27 heavy (non-hydrogen) atoms. The first-order valence-corrected chi connectivity index (χ1v) is 11.4. The molecule has 7 nitrogen and oxygen atoms in total. The van der Waals surface area contributed by atoms with Gasteiger partial charge in [0.25, 0.3) is 0 Å². The number of guanidine groups is 1. The third kappa shape index (κ3) is 5.09. The zero-order valence-electron chi connectivity index (χ0n) is 17.2. The Morgan fingerprint density at radius 1 is 1.11 bits per heavy atom. The van der Waals surface area contributed by atoms with Gasteiger partial charge in [0.2, 0.25) is 5.91 Å². The van der Waals surface area contributed by atoms with Crippen LogP contribution in [0.25, 0.3) is 0 Å². The average Bonchev–Trinajstić information content (AvgIpc) is 3.36. The maximum absolute atomic E-state index is 12.4. The second-order valence-electron chi connectivity index (χ2n) is 8.17. The number of nitrogens with zero attached hydrogens (tertiary/aromatic N) is 5. The fraction of sp³-hybridized carbons (Fsp3) is 0.895. The molecule has 3 aliphatic rings. The van der Waals surface area contributed by atoms with Crippen molar-refractivity contribution in [2.45, 2.75) is 24.8 Å². The molecule has 3 aliphatic heterocycles. The van der Waals surface area contributed by atoms with Gasteiger partial charge in [0, 0.05) is 64.2 Å². The number of aliphatic imine (C=N–C) groups is 1. The summed E-state index contributed by atoms with van der Waals surface area (Å²) in [5, 5.41) is 3.63. The van der Waals surface area contributed by atoms with E-state index in [9.17, 15) is 4.79 Å². The van der Waals surface area contributed by atoms with Gasteiger partial charge in [-0.3, -0.25) is 14.7 Å². The zero-order valence-corrected chi connectivity index (χ0v) is 18.1. The molecule has 0 aromatic carbocycles. The first-order valence-electron chi connectivity index (χ1n) is 10.2. The second kappa shape index (κ2) is 9.47. The Hall–Kier alpha value is -0.990. The average molecular weight is 397 g/mol. The molecule has 0 bridgehead atoms. The van der Waals surface area contributed by atoms with Crippen molar-refractivity contribution in [2.75, 3.05) is 85.0 Å². The summed E-state index contributed by atoms with van der Waals surface area (Å²) in [6, 6.07) is 0. The zero-order chi connectivity index (χ0) is 19.3. The summed E-state index contributed by atoms with van der Waals surface area (Å²) in [5.41, 5.74) is 0.227. The number of hydrogen-bond donors (Lipinski definition) is 1. The van der Waals surface area contributed by atoms with Gasteiger partial charge in [-0.2, -0.15) is 11.8 Å². The fourth-order valence-corrected chi connectivity index (χ4v) is 5.75. The Morgan fingerprint density at radius 2 is 1.81 bits per heavy atom. The number of piperazine rings is 1. The Bertz CT molecular complexity index is 520. The van der Waals surface area contributed by atoms with E-state index in [1.807, 2.05) is 23.7 Å². The van der Waals surface area contributed by atoms with Gasteiger partial charge in [-0.05, 0) is 39.1 Å². The van der Waals surface area contributed by atoms with Crippen molar-refractivity contribution in [1.29, 1.82) is 0 Å². The molecule has 3 rings (SSSR count). The summed E-state index contributed by atoms with van der Waals surface area (Å²) in [6.45, 7) is 7.11. The molecular weight excluding hydrogens is 360 g/mol. The van der Waals surface area contributed by atoms with Crippen molar-refractivity contribution in [1.82, 2.24) is 24.9 Å². The molecule has 0 radical (unpaired) electrons. The van der Waals surface area contributed by atoms with Gasteiger partial charge in [-0.1, -0.05) is 0 Å². The fourth-order valence-electron chi connectivity index (χ4n) is 4.20.